The zero-order valence-corrected chi connectivity index (χ0v) is 13.7. The summed E-state index contributed by atoms with van der Waals surface area (Å²) in [7, 11) is 0. The van der Waals surface area contributed by atoms with Crippen LogP contribution in [0.4, 0.5) is 0 Å². The van der Waals surface area contributed by atoms with Crippen molar-refractivity contribution >= 4 is 17.5 Å². The molecule has 1 amide bonds. The van der Waals surface area contributed by atoms with Crippen molar-refractivity contribution in [2.24, 2.45) is 0 Å². The normalized spacial score (nSPS) is 15.6. The molecule has 2 heterocycles. The average Bonchev–Trinajstić information content (AvgIpc) is 2.58. The molecule has 5 heteroatoms. The number of nitrogens with zero attached hydrogens (tertiary/aromatic N) is 3. The first kappa shape index (κ1) is 16.0. The van der Waals surface area contributed by atoms with Crippen LogP contribution in [0.3, 0.4) is 0 Å². The first-order chi connectivity index (χ1) is 11.2. The Balaban J connectivity index is 1.50. The van der Waals surface area contributed by atoms with E-state index in [0.717, 1.165) is 48.9 Å². The van der Waals surface area contributed by atoms with E-state index in [9.17, 15) is 4.79 Å². The lowest BCUT2D eigenvalue weighted by molar-refractivity contribution is -0.132. The van der Waals surface area contributed by atoms with Crippen molar-refractivity contribution in [2.75, 3.05) is 26.2 Å². The molecule has 4 nitrogen and oxygen atoms in total. The predicted octanol–water partition coefficient (Wildman–Crippen LogP) is 2.62. The molecule has 2 aromatic rings. The first-order valence-electron chi connectivity index (χ1n) is 7.85. The van der Waals surface area contributed by atoms with Gasteiger partial charge in [0.1, 0.15) is 0 Å². The van der Waals surface area contributed by atoms with Crippen LogP contribution in [-0.2, 0) is 17.8 Å². The van der Waals surface area contributed by atoms with Crippen LogP contribution in [0.2, 0.25) is 5.02 Å². The SMILES string of the molecule is O=C(Cc1ccncc1)N1CCN(Cc2ccccc2Cl)CC1. The Morgan fingerprint density at radius 2 is 1.74 bits per heavy atom. The van der Waals surface area contributed by atoms with Gasteiger partial charge in [-0.1, -0.05) is 29.8 Å². The molecule has 0 spiro atoms. The average molecular weight is 330 g/mol. The van der Waals surface area contributed by atoms with Gasteiger partial charge in [-0.05, 0) is 29.3 Å². The Bertz CT molecular complexity index is 654. The van der Waals surface area contributed by atoms with Crippen LogP contribution < -0.4 is 0 Å². The van der Waals surface area contributed by atoms with Gasteiger partial charge in [0.25, 0.3) is 0 Å². The van der Waals surface area contributed by atoms with E-state index in [1.165, 1.54) is 0 Å². The third-order valence-electron chi connectivity index (χ3n) is 4.18. The van der Waals surface area contributed by atoms with Crippen molar-refractivity contribution in [1.29, 1.82) is 0 Å². The molecule has 1 aliphatic rings. The summed E-state index contributed by atoms with van der Waals surface area (Å²) in [6.07, 6.45) is 3.90. The molecule has 1 aliphatic heterocycles. The smallest absolute Gasteiger partial charge is 0.227 e. The molecule has 1 saturated heterocycles. The molecule has 0 N–H and O–H groups in total. The Morgan fingerprint density at radius 3 is 2.43 bits per heavy atom. The minimum absolute atomic E-state index is 0.189. The molecule has 1 fully saturated rings. The Labute approximate surface area is 141 Å². The van der Waals surface area contributed by atoms with E-state index < -0.39 is 0 Å². The third kappa shape index (κ3) is 4.30. The van der Waals surface area contributed by atoms with Crippen molar-refractivity contribution in [3.05, 3.63) is 64.9 Å². The molecule has 1 aromatic heterocycles. The predicted molar refractivity (Wildman–Crippen MR) is 91.3 cm³/mol. The zero-order chi connectivity index (χ0) is 16.1. The summed E-state index contributed by atoms with van der Waals surface area (Å²) < 4.78 is 0. The highest BCUT2D eigenvalue weighted by atomic mass is 35.5. The summed E-state index contributed by atoms with van der Waals surface area (Å²) in [4.78, 5) is 20.6. The first-order valence-corrected chi connectivity index (χ1v) is 8.22. The lowest BCUT2D eigenvalue weighted by Gasteiger charge is -2.35. The van der Waals surface area contributed by atoms with Gasteiger partial charge in [-0.3, -0.25) is 14.7 Å². The molecular formula is C18H20ClN3O. The number of halogens is 1. The summed E-state index contributed by atoms with van der Waals surface area (Å²) in [6.45, 7) is 4.15. The molecule has 0 atom stereocenters. The Hall–Kier alpha value is -1.91. The number of hydrogen-bond donors (Lipinski definition) is 0. The quantitative estimate of drug-likeness (QED) is 0.865. The number of amides is 1. The van der Waals surface area contributed by atoms with E-state index >= 15 is 0 Å². The maximum Gasteiger partial charge on any atom is 0.227 e. The zero-order valence-electron chi connectivity index (χ0n) is 13.0. The molecule has 0 aliphatic carbocycles. The van der Waals surface area contributed by atoms with Gasteiger partial charge in [0.15, 0.2) is 0 Å². The maximum absolute atomic E-state index is 12.4. The minimum Gasteiger partial charge on any atom is -0.340 e. The molecule has 0 radical (unpaired) electrons. The number of benzene rings is 1. The number of aromatic nitrogens is 1. The van der Waals surface area contributed by atoms with E-state index in [4.69, 9.17) is 11.6 Å². The molecule has 23 heavy (non-hydrogen) atoms. The van der Waals surface area contributed by atoms with Crippen molar-refractivity contribution in [1.82, 2.24) is 14.8 Å². The van der Waals surface area contributed by atoms with Gasteiger partial charge in [-0.25, -0.2) is 0 Å². The van der Waals surface area contributed by atoms with Crippen LogP contribution in [0, 0.1) is 0 Å². The minimum atomic E-state index is 0.189. The van der Waals surface area contributed by atoms with E-state index in [0.29, 0.717) is 6.42 Å². The second kappa shape index (κ2) is 7.57. The third-order valence-corrected chi connectivity index (χ3v) is 4.55. The van der Waals surface area contributed by atoms with Crippen LogP contribution in [-0.4, -0.2) is 46.9 Å². The van der Waals surface area contributed by atoms with Gasteiger partial charge >= 0.3 is 0 Å². The van der Waals surface area contributed by atoms with Crippen LogP contribution >= 0.6 is 11.6 Å². The molecule has 0 unspecified atom stereocenters. The second-order valence-electron chi connectivity index (χ2n) is 5.78. The van der Waals surface area contributed by atoms with E-state index in [1.807, 2.05) is 35.2 Å². The lowest BCUT2D eigenvalue weighted by atomic mass is 10.1. The number of carbonyl (C=O) groups is 1. The van der Waals surface area contributed by atoms with Gasteiger partial charge in [-0.15, -0.1) is 0 Å². The van der Waals surface area contributed by atoms with E-state index in [2.05, 4.69) is 16.0 Å². The highest BCUT2D eigenvalue weighted by Gasteiger charge is 2.21. The van der Waals surface area contributed by atoms with Crippen molar-refractivity contribution in [3.8, 4) is 0 Å². The molecular weight excluding hydrogens is 310 g/mol. The highest BCUT2D eigenvalue weighted by molar-refractivity contribution is 6.31. The molecule has 3 rings (SSSR count). The van der Waals surface area contributed by atoms with Gasteiger partial charge in [0, 0.05) is 50.1 Å². The summed E-state index contributed by atoms with van der Waals surface area (Å²) in [5.41, 5.74) is 2.16. The van der Waals surface area contributed by atoms with Gasteiger partial charge in [-0.2, -0.15) is 0 Å². The number of pyridine rings is 1. The lowest BCUT2D eigenvalue weighted by Crippen LogP contribution is -2.48. The van der Waals surface area contributed by atoms with Crippen molar-refractivity contribution < 1.29 is 4.79 Å². The monoisotopic (exact) mass is 329 g/mol. The summed E-state index contributed by atoms with van der Waals surface area (Å²) in [5.74, 6) is 0.189. The highest BCUT2D eigenvalue weighted by Crippen LogP contribution is 2.18. The van der Waals surface area contributed by atoms with Crippen LogP contribution in [0.25, 0.3) is 0 Å². The van der Waals surface area contributed by atoms with Crippen LogP contribution in [0.15, 0.2) is 48.8 Å². The molecule has 0 saturated carbocycles. The number of hydrogen-bond acceptors (Lipinski definition) is 3. The number of piperazine rings is 1. The number of carbonyl (C=O) groups excluding carboxylic acids is 1. The standard InChI is InChI=1S/C18H20ClN3O/c19-17-4-2-1-3-16(17)14-21-9-11-22(12-10-21)18(23)13-15-5-7-20-8-6-15/h1-8H,9-14H2. The molecule has 1 aromatic carbocycles. The summed E-state index contributed by atoms with van der Waals surface area (Å²) in [5, 5.41) is 0.809. The number of rotatable bonds is 4. The Kier molecular flexibility index (Phi) is 5.26. The van der Waals surface area contributed by atoms with Gasteiger partial charge in [0.2, 0.25) is 5.91 Å². The van der Waals surface area contributed by atoms with Gasteiger partial charge < -0.3 is 4.90 Å². The van der Waals surface area contributed by atoms with E-state index in [1.54, 1.807) is 12.4 Å². The maximum atomic E-state index is 12.4. The Morgan fingerprint density at radius 1 is 1.04 bits per heavy atom. The summed E-state index contributed by atoms with van der Waals surface area (Å²) in [6, 6.07) is 11.7. The fraction of sp³-hybridized carbons (Fsp3) is 0.333. The largest absolute Gasteiger partial charge is 0.340 e. The topological polar surface area (TPSA) is 36.4 Å². The second-order valence-corrected chi connectivity index (χ2v) is 6.19. The fourth-order valence-electron chi connectivity index (χ4n) is 2.81. The fourth-order valence-corrected chi connectivity index (χ4v) is 3.01. The van der Waals surface area contributed by atoms with Crippen LogP contribution in [0.1, 0.15) is 11.1 Å². The van der Waals surface area contributed by atoms with E-state index in [-0.39, 0.29) is 5.91 Å². The van der Waals surface area contributed by atoms with Crippen molar-refractivity contribution in [3.63, 3.8) is 0 Å². The molecule has 120 valence electrons. The van der Waals surface area contributed by atoms with Crippen LogP contribution in [0.5, 0.6) is 0 Å². The summed E-state index contributed by atoms with van der Waals surface area (Å²) >= 11 is 6.22. The van der Waals surface area contributed by atoms with Gasteiger partial charge in [0.05, 0.1) is 6.42 Å². The molecule has 0 bridgehead atoms. The van der Waals surface area contributed by atoms with Crippen molar-refractivity contribution in [2.45, 2.75) is 13.0 Å².